The number of hydrogen-bond donors (Lipinski definition) is 1. The van der Waals surface area contributed by atoms with E-state index in [9.17, 15) is 0 Å². The molecule has 1 aromatic rings. The van der Waals surface area contributed by atoms with Gasteiger partial charge in [-0.1, -0.05) is 0 Å². The van der Waals surface area contributed by atoms with Crippen LogP contribution < -0.4 is 4.74 Å². The van der Waals surface area contributed by atoms with Crippen molar-refractivity contribution in [3.63, 3.8) is 0 Å². The molecule has 1 rings (SSSR count). The summed E-state index contributed by atoms with van der Waals surface area (Å²) in [4.78, 5) is 8.10. The van der Waals surface area contributed by atoms with Crippen LogP contribution in [-0.4, -0.2) is 28.3 Å². The molecular weight excluding hydrogens is 236 g/mol. The van der Waals surface area contributed by atoms with Gasteiger partial charge in [0.2, 0.25) is 5.88 Å². The van der Waals surface area contributed by atoms with E-state index in [2.05, 4.69) is 25.9 Å². The highest BCUT2D eigenvalue weighted by Crippen LogP contribution is 2.13. The lowest BCUT2D eigenvalue weighted by molar-refractivity contribution is 0.229. The van der Waals surface area contributed by atoms with Crippen LogP contribution in [0.1, 0.15) is 12.2 Å². The maximum absolute atomic E-state index is 8.53. The summed E-state index contributed by atoms with van der Waals surface area (Å²) >= 11 is 3.24. The van der Waals surface area contributed by atoms with Gasteiger partial charge in [-0.15, -0.1) is 0 Å². The van der Waals surface area contributed by atoms with Crippen molar-refractivity contribution in [3.8, 4) is 5.88 Å². The van der Waals surface area contributed by atoms with Gasteiger partial charge in [-0.3, -0.25) is 0 Å². The highest BCUT2D eigenvalue weighted by atomic mass is 79.9. The number of nitrogens with zero attached hydrogens (tertiary/aromatic N) is 2. The molecule has 0 aliphatic heterocycles. The molecule has 0 unspecified atom stereocenters. The molecule has 0 saturated carbocycles. The first kappa shape index (κ1) is 10.4. The van der Waals surface area contributed by atoms with Crippen molar-refractivity contribution < 1.29 is 9.84 Å². The third-order valence-corrected chi connectivity index (χ3v) is 1.74. The van der Waals surface area contributed by atoms with Gasteiger partial charge in [0.05, 0.1) is 6.61 Å². The number of hydrogen-bond acceptors (Lipinski definition) is 4. The van der Waals surface area contributed by atoms with Crippen molar-refractivity contribution in [3.05, 3.63) is 16.5 Å². The molecule has 0 fully saturated rings. The fourth-order valence-electron chi connectivity index (χ4n) is 0.821. The monoisotopic (exact) mass is 246 g/mol. The molecule has 4 nitrogen and oxygen atoms in total. The Morgan fingerprint density at radius 3 is 2.92 bits per heavy atom. The number of aromatic nitrogens is 2. The minimum Gasteiger partial charge on any atom is -0.477 e. The van der Waals surface area contributed by atoms with Gasteiger partial charge in [0.1, 0.15) is 10.4 Å². The Labute approximate surface area is 85.1 Å². The van der Waals surface area contributed by atoms with E-state index >= 15 is 0 Å². The second-order valence-corrected chi connectivity index (χ2v) is 3.31. The summed E-state index contributed by atoms with van der Waals surface area (Å²) in [6.07, 6.45) is 0.612. The lowest BCUT2D eigenvalue weighted by Gasteiger charge is -2.04. The Morgan fingerprint density at radius 2 is 2.31 bits per heavy atom. The van der Waals surface area contributed by atoms with Crippen molar-refractivity contribution in [1.82, 2.24) is 9.97 Å². The van der Waals surface area contributed by atoms with Crippen molar-refractivity contribution >= 4 is 15.9 Å². The maximum Gasteiger partial charge on any atom is 0.217 e. The van der Waals surface area contributed by atoms with Gasteiger partial charge in [0.15, 0.2) is 0 Å². The van der Waals surface area contributed by atoms with Gasteiger partial charge in [0, 0.05) is 19.1 Å². The Morgan fingerprint density at radius 1 is 1.54 bits per heavy atom. The largest absolute Gasteiger partial charge is 0.477 e. The van der Waals surface area contributed by atoms with Crippen LogP contribution in [0, 0.1) is 6.92 Å². The Kier molecular flexibility index (Phi) is 4.11. The number of aliphatic hydroxyl groups is 1. The molecule has 0 spiro atoms. The lowest BCUT2D eigenvalue weighted by atomic mass is 10.5. The van der Waals surface area contributed by atoms with E-state index in [1.54, 1.807) is 13.0 Å². The molecule has 13 heavy (non-hydrogen) atoms. The molecule has 1 N–H and O–H groups in total. The number of aliphatic hydroxyl groups excluding tert-OH is 1. The number of ether oxygens (including phenoxy) is 1. The van der Waals surface area contributed by atoms with Crippen LogP contribution in [-0.2, 0) is 0 Å². The summed E-state index contributed by atoms with van der Waals surface area (Å²) < 4.78 is 5.97. The molecule has 1 aromatic heterocycles. The average Bonchev–Trinajstić information content (AvgIpc) is 2.03. The minimum absolute atomic E-state index is 0.130. The molecule has 0 aliphatic carbocycles. The first-order valence-corrected chi connectivity index (χ1v) is 4.76. The summed E-state index contributed by atoms with van der Waals surface area (Å²) in [5.74, 6) is 1.20. The van der Waals surface area contributed by atoms with E-state index in [0.717, 1.165) is 0 Å². The van der Waals surface area contributed by atoms with Gasteiger partial charge < -0.3 is 9.84 Å². The van der Waals surface area contributed by atoms with Gasteiger partial charge in [-0.2, -0.15) is 4.98 Å². The number of halogens is 1. The predicted molar refractivity (Wildman–Crippen MR) is 51.7 cm³/mol. The highest BCUT2D eigenvalue weighted by molar-refractivity contribution is 9.10. The van der Waals surface area contributed by atoms with Crippen LogP contribution in [0.2, 0.25) is 0 Å². The maximum atomic E-state index is 8.53. The van der Waals surface area contributed by atoms with Crippen molar-refractivity contribution in [2.45, 2.75) is 13.3 Å². The van der Waals surface area contributed by atoms with Crippen LogP contribution in [0.4, 0.5) is 0 Å². The molecule has 5 heteroatoms. The summed E-state index contributed by atoms with van der Waals surface area (Å²) in [6.45, 7) is 2.40. The average molecular weight is 247 g/mol. The topological polar surface area (TPSA) is 55.2 Å². The molecule has 0 aliphatic rings. The predicted octanol–water partition coefficient (Wildman–Crippen LogP) is 1.31. The lowest BCUT2D eigenvalue weighted by Crippen LogP contribution is -2.02. The van der Waals surface area contributed by atoms with Gasteiger partial charge >= 0.3 is 0 Å². The highest BCUT2D eigenvalue weighted by Gasteiger charge is 1.99. The summed E-state index contributed by atoms with van der Waals surface area (Å²) in [6, 6.07) is 1.70. The molecule has 0 radical (unpaired) electrons. The van der Waals surface area contributed by atoms with Crippen LogP contribution in [0.15, 0.2) is 10.7 Å². The normalized spacial score (nSPS) is 10.1. The van der Waals surface area contributed by atoms with E-state index in [-0.39, 0.29) is 6.61 Å². The number of aryl methyl sites for hydroxylation is 1. The minimum atomic E-state index is 0.130. The van der Waals surface area contributed by atoms with Crippen LogP contribution in [0.5, 0.6) is 5.88 Å². The van der Waals surface area contributed by atoms with Crippen molar-refractivity contribution in [1.29, 1.82) is 0 Å². The molecular formula is C8H11BrN2O2. The second kappa shape index (κ2) is 5.14. The Balaban J connectivity index is 2.56. The Bertz CT molecular complexity index is 261. The van der Waals surface area contributed by atoms with Gasteiger partial charge in [-0.25, -0.2) is 4.98 Å². The molecule has 0 bridgehead atoms. The fraction of sp³-hybridized carbons (Fsp3) is 0.500. The van der Waals surface area contributed by atoms with Gasteiger partial charge in [0.25, 0.3) is 0 Å². The smallest absolute Gasteiger partial charge is 0.217 e. The van der Waals surface area contributed by atoms with Crippen molar-refractivity contribution in [2.24, 2.45) is 0 Å². The summed E-state index contributed by atoms with van der Waals surface area (Å²) in [5.41, 5.74) is 0. The first-order chi connectivity index (χ1) is 6.22. The van der Waals surface area contributed by atoms with Crippen LogP contribution >= 0.6 is 15.9 Å². The van der Waals surface area contributed by atoms with Crippen LogP contribution in [0.3, 0.4) is 0 Å². The molecule has 0 aromatic carbocycles. The fourth-order valence-corrected chi connectivity index (χ4v) is 1.27. The zero-order valence-corrected chi connectivity index (χ0v) is 8.91. The first-order valence-electron chi connectivity index (χ1n) is 3.97. The number of rotatable bonds is 4. The van der Waals surface area contributed by atoms with E-state index in [1.165, 1.54) is 0 Å². The summed E-state index contributed by atoms with van der Waals surface area (Å²) in [7, 11) is 0. The van der Waals surface area contributed by atoms with E-state index in [0.29, 0.717) is 29.3 Å². The van der Waals surface area contributed by atoms with Crippen molar-refractivity contribution in [2.75, 3.05) is 13.2 Å². The SMILES string of the molecule is Cc1nc(Br)cc(OCCCO)n1. The quantitative estimate of drug-likeness (QED) is 0.643. The zero-order valence-electron chi connectivity index (χ0n) is 7.33. The van der Waals surface area contributed by atoms with E-state index < -0.39 is 0 Å². The summed E-state index contributed by atoms with van der Waals surface area (Å²) in [5, 5.41) is 8.53. The molecule has 1 heterocycles. The second-order valence-electron chi connectivity index (χ2n) is 2.50. The Hall–Kier alpha value is -0.680. The molecule has 72 valence electrons. The third-order valence-electron chi connectivity index (χ3n) is 1.34. The molecule has 0 saturated heterocycles. The molecule has 0 atom stereocenters. The molecule has 0 amide bonds. The van der Waals surface area contributed by atoms with E-state index in [1.807, 2.05) is 0 Å². The zero-order chi connectivity index (χ0) is 9.68. The van der Waals surface area contributed by atoms with E-state index in [4.69, 9.17) is 9.84 Å². The standard InChI is InChI=1S/C8H11BrN2O2/c1-6-10-7(9)5-8(11-6)13-4-2-3-12/h5,12H,2-4H2,1H3. The third kappa shape index (κ3) is 3.69. The van der Waals surface area contributed by atoms with Gasteiger partial charge in [-0.05, 0) is 22.9 Å². The van der Waals surface area contributed by atoms with Crippen LogP contribution in [0.25, 0.3) is 0 Å².